The van der Waals surface area contributed by atoms with Crippen molar-refractivity contribution in [2.75, 3.05) is 26.2 Å². The zero-order valence-electron chi connectivity index (χ0n) is 16.8. The number of nitrogens with one attached hydrogen (secondary N) is 1. The number of carbonyl (C=O) groups is 4. The molecule has 2 aliphatic heterocycles. The second kappa shape index (κ2) is 9.51. The first kappa shape index (κ1) is 23.0. The zero-order valence-corrected chi connectivity index (χ0v) is 16.8. The van der Waals surface area contributed by atoms with Crippen LogP contribution < -0.4 is 16.8 Å². The average Bonchev–Trinajstić information content (AvgIpc) is 3.33. The van der Waals surface area contributed by atoms with Crippen molar-refractivity contribution in [2.45, 2.75) is 51.0 Å². The van der Waals surface area contributed by atoms with E-state index in [1.54, 1.807) is 4.90 Å². The number of nitrogens with two attached hydrogens (primary N) is 2. The van der Waals surface area contributed by atoms with Gasteiger partial charge in [0.05, 0.1) is 24.0 Å². The fraction of sp³-hybridized carbons (Fsp3) is 0.778. The molecule has 2 aliphatic rings. The highest BCUT2D eigenvalue weighted by molar-refractivity contribution is 5.89. The molecule has 4 amide bonds. The van der Waals surface area contributed by atoms with Crippen LogP contribution in [-0.4, -0.2) is 94.1 Å². The van der Waals surface area contributed by atoms with Gasteiger partial charge < -0.3 is 36.8 Å². The number of nitrogens with zero attached hydrogens (tertiary/aromatic N) is 2. The first-order chi connectivity index (χ1) is 13.5. The predicted molar refractivity (Wildman–Crippen MR) is 102 cm³/mol. The summed E-state index contributed by atoms with van der Waals surface area (Å²) in [6, 6.07) is -2.20. The van der Waals surface area contributed by atoms with Crippen LogP contribution >= 0.6 is 0 Å². The highest BCUT2D eigenvalue weighted by Gasteiger charge is 2.39. The Labute approximate surface area is 169 Å². The molecule has 29 heavy (non-hydrogen) atoms. The van der Waals surface area contributed by atoms with Crippen molar-refractivity contribution >= 4 is 23.6 Å². The molecule has 2 rings (SSSR count). The Morgan fingerprint density at radius 1 is 0.966 bits per heavy atom. The maximum atomic E-state index is 12.8. The number of primary amides is 1. The molecule has 7 N–H and O–H groups in total. The molecule has 11 nitrogen and oxygen atoms in total. The van der Waals surface area contributed by atoms with Crippen LogP contribution in [0.2, 0.25) is 0 Å². The second-order valence-electron chi connectivity index (χ2n) is 7.94. The predicted octanol–water partition coefficient (Wildman–Crippen LogP) is -3.26. The first-order valence-electron chi connectivity index (χ1n) is 9.81. The normalized spacial score (nSPS) is 26.0. The maximum absolute atomic E-state index is 12.8. The second-order valence-corrected chi connectivity index (χ2v) is 7.94. The van der Waals surface area contributed by atoms with Gasteiger partial charge in [-0.05, 0) is 26.7 Å². The van der Waals surface area contributed by atoms with Crippen molar-refractivity contribution < 1.29 is 29.4 Å². The van der Waals surface area contributed by atoms with Gasteiger partial charge in [-0.1, -0.05) is 0 Å². The van der Waals surface area contributed by atoms with Crippen LogP contribution in [0, 0.1) is 11.8 Å². The lowest BCUT2D eigenvalue weighted by Crippen LogP contribution is -2.52. The van der Waals surface area contributed by atoms with Crippen molar-refractivity contribution in [1.29, 1.82) is 0 Å². The summed E-state index contributed by atoms with van der Waals surface area (Å²) in [5.41, 5.74) is 10.9. The lowest BCUT2D eigenvalue weighted by Gasteiger charge is -2.24. The van der Waals surface area contributed by atoms with Gasteiger partial charge in [0.2, 0.25) is 23.6 Å². The number of hydrogen-bond donors (Lipinski definition) is 5. The van der Waals surface area contributed by atoms with Crippen molar-refractivity contribution in [3.8, 4) is 0 Å². The van der Waals surface area contributed by atoms with Crippen LogP contribution in [0.5, 0.6) is 0 Å². The molecule has 0 aromatic heterocycles. The van der Waals surface area contributed by atoms with Crippen LogP contribution in [0.4, 0.5) is 0 Å². The van der Waals surface area contributed by atoms with Crippen molar-refractivity contribution in [3.05, 3.63) is 0 Å². The Balaban J connectivity index is 1.88. The van der Waals surface area contributed by atoms with E-state index in [0.29, 0.717) is 25.9 Å². The fourth-order valence-corrected chi connectivity index (χ4v) is 3.71. The van der Waals surface area contributed by atoms with Gasteiger partial charge in [0.15, 0.2) is 0 Å². The van der Waals surface area contributed by atoms with E-state index in [9.17, 15) is 29.4 Å². The third-order valence-electron chi connectivity index (χ3n) is 5.61. The standard InChI is InChI=1S/C18H31N5O6/c1-9(24)13(19)18(29)23-6-4-12(8-23)17(28)22-5-3-11(7-22)16(27)21-14(10(2)25)15(20)26/h9-14,24-25H,3-8,19H2,1-2H3,(H2,20,26)(H,21,27)/t9-,10-,11-,12-,13+,14?/m1/s1. The van der Waals surface area contributed by atoms with Crippen molar-refractivity contribution in [1.82, 2.24) is 15.1 Å². The summed E-state index contributed by atoms with van der Waals surface area (Å²) in [7, 11) is 0. The highest BCUT2D eigenvalue weighted by Crippen LogP contribution is 2.24. The van der Waals surface area contributed by atoms with Crippen molar-refractivity contribution in [3.63, 3.8) is 0 Å². The number of aliphatic hydroxyl groups is 2. The molecule has 0 saturated carbocycles. The molecular formula is C18H31N5O6. The van der Waals surface area contributed by atoms with Gasteiger partial charge in [0.1, 0.15) is 12.1 Å². The lowest BCUT2D eigenvalue weighted by molar-refractivity contribution is -0.136. The van der Waals surface area contributed by atoms with Crippen LogP contribution in [0.3, 0.4) is 0 Å². The number of amides is 4. The summed E-state index contributed by atoms with van der Waals surface area (Å²) >= 11 is 0. The molecule has 0 spiro atoms. The summed E-state index contributed by atoms with van der Waals surface area (Å²) in [4.78, 5) is 51.8. The number of rotatable bonds is 7. The molecule has 2 saturated heterocycles. The lowest BCUT2D eigenvalue weighted by atomic mass is 10.1. The molecule has 0 bridgehead atoms. The first-order valence-corrected chi connectivity index (χ1v) is 9.81. The molecule has 0 radical (unpaired) electrons. The number of likely N-dealkylation sites (tertiary alicyclic amines) is 2. The van der Waals surface area contributed by atoms with Crippen LogP contribution in [0.25, 0.3) is 0 Å². The van der Waals surface area contributed by atoms with E-state index in [2.05, 4.69) is 5.32 Å². The number of carbonyl (C=O) groups excluding carboxylic acids is 4. The summed E-state index contributed by atoms with van der Waals surface area (Å²) in [6.45, 7) is 4.02. The molecule has 0 aliphatic carbocycles. The summed E-state index contributed by atoms with van der Waals surface area (Å²) < 4.78 is 0. The Morgan fingerprint density at radius 3 is 2.07 bits per heavy atom. The van der Waals surface area contributed by atoms with Gasteiger partial charge in [0.25, 0.3) is 0 Å². The Bertz CT molecular complexity index is 655. The number of aliphatic hydroxyl groups excluding tert-OH is 2. The molecule has 11 heteroatoms. The van der Waals surface area contributed by atoms with Gasteiger partial charge in [-0.25, -0.2) is 0 Å². The van der Waals surface area contributed by atoms with E-state index in [1.165, 1.54) is 18.7 Å². The molecule has 0 aromatic carbocycles. The van der Waals surface area contributed by atoms with Gasteiger partial charge in [-0.15, -0.1) is 0 Å². The minimum absolute atomic E-state index is 0.136. The summed E-state index contributed by atoms with van der Waals surface area (Å²) in [5, 5.41) is 21.5. The molecular weight excluding hydrogens is 382 g/mol. The monoisotopic (exact) mass is 413 g/mol. The van der Waals surface area contributed by atoms with E-state index < -0.39 is 42.0 Å². The molecule has 0 aromatic rings. The quantitative estimate of drug-likeness (QED) is 0.290. The van der Waals surface area contributed by atoms with E-state index >= 15 is 0 Å². The topological polar surface area (TPSA) is 179 Å². The van der Waals surface area contributed by atoms with Crippen LogP contribution in [0.15, 0.2) is 0 Å². The largest absolute Gasteiger partial charge is 0.391 e. The van der Waals surface area contributed by atoms with Crippen LogP contribution in [0.1, 0.15) is 26.7 Å². The Kier molecular flexibility index (Phi) is 7.55. The van der Waals surface area contributed by atoms with E-state index in [4.69, 9.17) is 11.5 Å². The average molecular weight is 413 g/mol. The maximum Gasteiger partial charge on any atom is 0.242 e. The minimum atomic E-state index is -1.18. The molecule has 164 valence electrons. The van der Waals surface area contributed by atoms with E-state index in [-0.39, 0.29) is 30.8 Å². The third-order valence-corrected chi connectivity index (χ3v) is 5.61. The molecule has 1 unspecified atom stereocenters. The van der Waals surface area contributed by atoms with E-state index in [0.717, 1.165) is 0 Å². The van der Waals surface area contributed by atoms with Crippen LogP contribution in [-0.2, 0) is 19.2 Å². The summed E-state index contributed by atoms with van der Waals surface area (Å²) in [6.07, 6.45) is -1.16. The molecule has 2 fully saturated rings. The summed E-state index contributed by atoms with van der Waals surface area (Å²) in [5.74, 6) is -2.66. The van der Waals surface area contributed by atoms with Gasteiger partial charge >= 0.3 is 0 Å². The van der Waals surface area contributed by atoms with E-state index in [1.807, 2.05) is 0 Å². The van der Waals surface area contributed by atoms with Gasteiger partial charge in [0, 0.05) is 26.2 Å². The number of hydrogen-bond acceptors (Lipinski definition) is 7. The van der Waals surface area contributed by atoms with Gasteiger partial charge in [-0.2, -0.15) is 0 Å². The molecule has 6 atom stereocenters. The Hall–Kier alpha value is -2.24. The SMILES string of the molecule is C[C@@H](O)C(NC(=O)[C@@H]1CCN(C(=O)[C@@H]2CCN(C(=O)[C@@H](N)[C@@H](C)O)C2)C1)C(N)=O. The Morgan fingerprint density at radius 2 is 1.52 bits per heavy atom. The highest BCUT2D eigenvalue weighted by atomic mass is 16.3. The molecule has 2 heterocycles. The fourth-order valence-electron chi connectivity index (χ4n) is 3.71. The zero-order chi connectivity index (χ0) is 21.9. The minimum Gasteiger partial charge on any atom is -0.391 e. The van der Waals surface area contributed by atoms with Gasteiger partial charge in [-0.3, -0.25) is 19.2 Å². The van der Waals surface area contributed by atoms with Crippen molar-refractivity contribution in [2.24, 2.45) is 23.3 Å². The third kappa shape index (κ3) is 5.43. The smallest absolute Gasteiger partial charge is 0.242 e.